The molecule has 2 atom stereocenters. The van der Waals surface area contributed by atoms with Crippen LogP contribution in [0.2, 0.25) is 0 Å². The Labute approximate surface area is 79.0 Å². The van der Waals surface area contributed by atoms with E-state index in [1.807, 2.05) is 0 Å². The van der Waals surface area contributed by atoms with Crippen molar-refractivity contribution in [1.29, 1.82) is 0 Å². The van der Waals surface area contributed by atoms with Crippen LogP contribution in [0.4, 0.5) is 0 Å². The van der Waals surface area contributed by atoms with E-state index >= 15 is 0 Å². The van der Waals surface area contributed by atoms with E-state index in [1.54, 1.807) is 0 Å². The van der Waals surface area contributed by atoms with Crippen LogP contribution in [-0.2, 0) is 4.79 Å². The van der Waals surface area contributed by atoms with Crippen LogP contribution in [0, 0.1) is 0 Å². The minimum absolute atomic E-state index is 0.649. The zero-order chi connectivity index (χ0) is 10.3. The zero-order valence-corrected chi connectivity index (χ0v) is 8.29. The van der Waals surface area contributed by atoms with Crippen molar-refractivity contribution in [3.63, 3.8) is 0 Å². The topological polar surface area (TPSA) is 69.6 Å². The average molecular weight is 189 g/mol. The van der Waals surface area contributed by atoms with Crippen LogP contribution < -0.4 is 5.32 Å². The molecular formula is C9H19NO3. The molecule has 0 aliphatic carbocycles. The van der Waals surface area contributed by atoms with Crippen molar-refractivity contribution in [2.45, 2.75) is 45.3 Å². The first-order valence-electron chi connectivity index (χ1n) is 4.73. The summed E-state index contributed by atoms with van der Waals surface area (Å²) in [7, 11) is 0. The fourth-order valence-electron chi connectivity index (χ4n) is 1.10. The Bertz CT molecular complexity index is 148. The molecule has 0 radical (unpaired) electrons. The minimum Gasteiger partial charge on any atom is -0.480 e. The Morgan fingerprint density at radius 3 is 2.46 bits per heavy atom. The number of rotatable bonds is 7. The first kappa shape index (κ1) is 12.4. The normalized spacial score (nSPS) is 15.3. The minimum atomic E-state index is -0.994. The Hall–Kier alpha value is -0.610. The number of carboxylic acids is 1. The summed E-state index contributed by atoms with van der Waals surface area (Å²) in [6.45, 7) is 4.21. The number of unbranched alkanes of at least 4 members (excludes halogenated alkanes) is 2. The van der Waals surface area contributed by atoms with Gasteiger partial charge in [0.25, 0.3) is 0 Å². The van der Waals surface area contributed by atoms with Crippen LogP contribution >= 0.6 is 0 Å². The lowest BCUT2D eigenvalue weighted by Crippen LogP contribution is -2.45. The number of aliphatic hydroxyl groups excluding tert-OH is 1. The highest BCUT2D eigenvalue weighted by atomic mass is 16.4. The second kappa shape index (κ2) is 6.86. The summed E-state index contributed by atoms with van der Waals surface area (Å²) < 4.78 is 0. The highest BCUT2D eigenvalue weighted by molar-refractivity contribution is 5.74. The van der Waals surface area contributed by atoms with Crippen molar-refractivity contribution in [2.24, 2.45) is 0 Å². The molecule has 0 heterocycles. The lowest BCUT2D eigenvalue weighted by atomic mass is 10.1. The van der Waals surface area contributed by atoms with Gasteiger partial charge in [0.1, 0.15) is 6.04 Å². The van der Waals surface area contributed by atoms with Crippen LogP contribution in [-0.4, -0.2) is 34.9 Å². The van der Waals surface area contributed by atoms with Crippen LogP contribution in [0.15, 0.2) is 0 Å². The smallest absolute Gasteiger partial charge is 0.323 e. The van der Waals surface area contributed by atoms with Crippen LogP contribution in [0.3, 0.4) is 0 Å². The molecule has 4 nitrogen and oxygen atoms in total. The van der Waals surface area contributed by atoms with E-state index in [-0.39, 0.29) is 0 Å². The Kier molecular flexibility index (Phi) is 6.54. The maximum atomic E-state index is 10.6. The molecule has 0 rings (SSSR count). The van der Waals surface area contributed by atoms with Crippen LogP contribution in [0.25, 0.3) is 0 Å². The fraction of sp³-hybridized carbons (Fsp3) is 0.889. The third-order valence-electron chi connectivity index (χ3n) is 1.89. The van der Waals surface area contributed by atoms with Gasteiger partial charge in [-0.3, -0.25) is 4.79 Å². The zero-order valence-electron chi connectivity index (χ0n) is 8.29. The predicted molar refractivity (Wildman–Crippen MR) is 50.6 cm³/mol. The first-order valence-corrected chi connectivity index (χ1v) is 4.73. The van der Waals surface area contributed by atoms with Gasteiger partial charge in [0.05, 0.1) is 6.10 Å². The van der Waals surface area contributed by atoms with Crippen LogP contribution in [0.5, 0.6) is 0 Å². The summed E-state index contributed by atoms with van der Waals surface area (Å²) in [5.41, 5.74) is 0. The third-order valence-corrected chi connectivity index (χ3v) is 1.89. The van der Waals surface area contributed by atoms with Crippen LogP contribution in [0.1, 0.15) is 33.1 Å². The fourth-order valence-corrected chi connectivity index (χ4v) is 1.10. The predicted octanol–water partition coefficient (Wildman–Crippen LogP) is 0.600. The van der Waals surface area contributed by atoms with Crippen molar-refractivity contribution in [2.75, 3.05) is 6.54 Å². The van der Waals surface area contributed by atoms with Crippen molar-refractivity contribution >= 4 is 5.97 Å². The van der Waals surface area contributed by atoms with Gasteiger partial charge in [-0.05, 0) is 19.9 Å². The lowest BCUT2D eigenvalue weighted by Gasteiger charge is -2.16. The second-order valence-corrected chi connectivity index (χ2v) is 3.22. The molecule has 0 aliphatic rings. The number of carboxylic acid groups (broad SMARTS) is 1. The summed E-state index contributed by atoms with van der Waals surface area (Å²) in [6.07, 6.45) is 2.29. The number of hydrogen-bond donors (Lipinski definition) is 3. The highest BCUT2D eigenvalue weighted by Gasteiger charge is 2.21. The molecule has 0 unspecified atom stereocenters. The van der Waals surface area contributed by atoms with E-state index < -0.39 is 18.1 Å². The molecule has 0 aromatic rings. The molecule has 0 fully saturated rings. The largest absolute Gasteiger partial charge is 0.480 e. The molecule has 0 aliphatic heterocycles. The van der Waals surface area contributed by atoms with E-state index in [1.165, 1.54) is 6.92 Å². The van der Waals surface area contributed by atoms with Gasteiger partial charge in [-0.15, -0.1) is 0 Å². The van der Waals surface area contributed by atoms with E-state index in [0.717, 1.165) is 19.3 Å². The van der Waals surface area contributed by atoms with Crippen molar-refractivity contribution in [3.8, 4) is 0 Å². The molecule has 4 heteroatoms. The summed E-state index contributed by atoms with van der Waals surface area (Å²) in [5, 5.41) is 20.6. The van der Waals surface area contributed by atoms with E-state index in [0.29, 0.717) is 6.54 Å². The number of hydrogen-bond acceptors (Lipinski definition) is 3. The molecule has 13 heavy (non-hydrogen) atoms. The third kappa shape index (κ3) is 5.60. The van der Waals surface area contributed by atoms with Gasteiger partial charge in [0, 0.05) is 0 Å². The number of aliphatic carboxylic acids is 1. The molecule has 0 saturated heterocycles. The Morgan fingerprint density at radius 1 is 1.46 bits per heavy atom. The van der Waals surface area contributed by atoms with Crippen molar-refractivity contribution < 1.29 is 15.0 Å². The van der Waals surface area contributed by atoms with Crippen molar-refractivity contribution in [3.05, 3.63) is 0 Å². The Morgan fingerprint density at radius 2 is 2.08 bits per heavy atom. The van der Waals surface area contributed by atoms with E-state index in [9.17, 15) is 4.79 Å². The maximum Gasteiger partial charge on any atom is 0.323 e. The van der Waals surface area contributed by atoms with E-state index in [4.69, 9.17) is 10.2 Å². The molecule has 3 N–H and O–H groups in total. The van der Waals surface area contributed by atoms with Gasteiger partial charge in [0.15, 0.2) is 0 Å². The number of aliphatic hydroxyl groups is 1. The van der Waals surface area contributed by atoms with Gasteiger partial charge in [-0.25, -0.2) is 0 Å². The molecule has 0 saturated carbocycles. The molecule has 0 amide bonds. The molecular weight excluding hydrogens is 170 g/mol. The SMILES string of the molecule is CCCCCN[C@H](C(=O)O)[C@@H](C)O. The quantitative estimate of drug-likeness (QED) is 0.513. The molecule has 0 spiro atoms. The summed E-state index contributed by atoms with van der Waals surface area (Å²) in [4.78, 5) is 10.6. The summed E-state index contributed by atoms with van der Waals surface area (Å²) in [6, 6.07) is -0.836. The van der Waals surface area contributed by atoms with Gasteiger partial charge in [-0.1, -0.05) is 19.8 Å². The van der Waals surface area contributed by atoms with Gasteiger partial charge in [0.2, 0.25) is 0 Å². The standard InChI is InChI=1S/C9H19NO3/c1-3-4-5-6-10-8(7(2)11)9(12)13/h7-8,10-11H,3-6H2,1-2H3,(H,12,13)/t7-,8+/m1/s1. The molecule has 78 valence electrons. The second-order valence-electron chi connectivity index (χ2n) is 3.22. The number of nitrogens with one attached hydrogen (secondary N) is 1. The van der Waals surface area contributed by atoms with Gasteiger partial charge in [-0.2, -0.15) is 0 Å². The lowest BCUT2D eigenvalue weighted by molar-refractivity contribution is -0.142. The maximum absolute atomic E-state index is 10.6. The summed E-state index contributed by atoms with van der Waals surface area (Å²) in [5.74, 6) is -0.994. The molecule has 0 aromatic carbocycles. The van der Waals surface area contributed by atoms with Crippen molar-refractivity contribution in [1.82, 2.24) is 5.32 Å². The Balaban J connectivity index is 3.64. The molecule has 0 aromatic heterocycles. The highest BCUT2D eigenvalue weighted by Crippen LogP contribution is 1.96. The van der Waals surface area contributed by atoms with Gasteiger partial charge >= 0.3 is 5.97 Å². The monoisotopic (exact) mass is 189 g/mol. The number of carbonyl (C=O) groups is 1. The summed E-state index contributed by atoms with van der Waals surface area (Å²) >= 11 is 0. The van der Waals surface area contributed by atoms with E-state index in [2.05, 4.69) is 12.2 Å². The van der Waals surface area contributed by atoms with Gasteiger partial charge < -0.3 is 15.5 Å². The molecule has 0 bridgehead atoms. The first-order chi connectivity index (χ1) is 6.09. The average Bonchev–Trinajstić information content (AvgIpc) is 2.02.